The number of aryl methyl sites for hydroxylation is 1. The van der Waals surface area contributed by atoms with Gasteiger partial charge in [-0.3, -0.25) is 0 Å². The number of benzene rings is 2. The summed E-state index contributed by atoms with van der Waals surface area (Å²) in [5, 5.41) is 6.39. The second-order valence-corrected chi connectivity index (χ2v) is 6.18. The summed E-state index contributed by atoms with van der Waals surface area (Å²) in [6, 6.07) is 14.6. The average Bonchev–Trinajstić information content (AvgIpc) is 2.55. The average molecular weight is 346 g/mol. The Kier molecular flexibility index (Phi) is 7.00. The molecule has 0 unspecified atom stereocenters. The summed E-state index contributed by atoms with van der Waals surface area (Å²) < 4.78 is 19.1. The van der Waals surface area contributed by atoms with Crippen LogP contribution in [0.4, 0.5) is 10.1 Å². The second-order valence-electron chi connectivity index (χ2n) is 5.77. The molecule has 2 rings (SSSR count). The van der Waals surface area contributed by atoms with Gasteiger partial charge in [0.2, 0.25) is 0 Å². The number of thiocarbonyl (C=S) groups is 1. The van der Waals surface area contributed by atoms with Gasteiger partial charge in [0.15, 0.2) is 5.11 Å². The first-order chi connectivity index (χ1) is 11.5. The first-order valence-electron chi connectivity index (χ1n) is 8.09. The number of ether oxygens (including phenoxy) is 1. The zero-order chi connectivity index (χ0) is 17.4. The SMILES string of the molecule is CC(C)Oc1ccc(CCCNC(=S)Nc2ccccc2F)cc1. The lowest BCUT2D eigenvalue weighted by atomic mass is 10.1. The van der Waals surface area contributed by atoms with Crippen LogP contribution in [0.2, 0.25) is 0 Å². The Labute approximate surface area is 148 Å². The molecule has 3 nitrogen and oxygen atoms in total. The minimum Gasteiger partial charge on any atom is -0.491 e. The molecule has 0 saturated heterocycles. The first kappa shape index (κ1) is 18.2. The Morgan fingerprint density at radius 1 is 1.12 bits per heavy atom. The highest BCUT2D eigenvalue weighted by molar-refractivity contribution is 7.80. The van der Waals surface area contributed by atoms with Crippen molar-refractivity contribution in [2.75, 3.05) is 11.9 Å². The fourth-order valence-corrected chi connectivity index (χ4v) is 2.44. The third kappa shape index (κ3) is 6.16. The maximum atomic E-state index is 13.5. The van der Waals surface area contributed by atoms with Crippen LogP contribution in [0.15, 0.2) is 48.5 Å². The molecule has 0 saturated carbocycles. The number of nitrogens with one attached hydrogen (secondary N) is 2. The van der Waals surface area contributed by atoms with E-state index in [1.54, 1.807) is 18.2 Å². The number of para-hydroxylation sites is 1. The van der Waals surface area contributed by atoms with E-state index in [2.05, 4.69) is 22.8 Å². The van der Waals surface area contributed by atoms with Gasteiger partial charge in [0, 0.05) is 6.54 Å². The van der Waals surface area contributed by atoms with Crippen LogP contribution in [0.3, 0.4) is 0 Å². The number of anilines is 1. The maximum absolute atomic E-state index is 13.5. The van der Waals surface area contributed by atoms with Gasteiger partial charge in [0.1, 0.15) is 11.6 Å². The number of halogens is 1. The monoisotopic (exact) mass is 346 g/mol. The highest BCUT2D eigenvalue weighted by Gasteiger charge is 2.03. The lowest BCUT2D eigenvalue weighted by molar-refractivity contribution is 0.242. The molecular weight excluding hydrogens is 323 g/mol. The van der Waals surface area contributed by atoms with Crippen molar-refractivity contribution in [2.24, 2.45) is 0 Å². The summed E-state index contributed by atoms with van der Waals surface area (Å²) in [5.41, 5.74) is 1.64. The molecule has 0 atom stereocenters. The van der Waals surface area contributed by atoms with Crippen LogP contribution < -0.4 is 15.4 Å². The van der Waals surface area contributed by atoms with Crippen molar-refractivity contribution < 1.29 is 9.13 Å². The van der Waals surface area contributed by atoms with E-state index in [1.807, 2.05) is 26.0 Å². The van der Waals surface area contributed by atoms with Gasteiger partial charge in [0.25, 0.3) is 0 Å². The van der Waals surface area contributed by atoms with Crippen molar-refractivity contribution in [3.8, 4) is 5.75 Å². The summed E-state index contributed by atoms with van der Waals surface area (Å²) in [4.78, 5) is 0. The maximum Gasteiger partial charge on any atom is 0.170 e. The van der Waals surface area contributed by atoms with E-state index in [0.29, 0.717) is 10.8 Å². The fourth-order valence-electron chi connectivity index (χ4n) is 2.23. The zero-order valence-corrected chi connectivity index (χ0v) is 14.8. The second kappa shape index (κ2) is 9.23. The Hall–Kier alpha value is -2.14. The van der Waals surface area contributed by atoms with E-state index in [4.69, 9.17) is 17.0 Å². The van der Waals surface area contributed by atoms with E-state index < -0.39 is 0 Å². The molecule has 0 radical (unpaired) electrons. The van der Waals surface area contributed by atoms with Crippen LogP contribution in [0, 0.1) is 5.82 Å². The topological polar surface area (TPSA) is 33.3 Å². The van der Waals surface area contributed by atoms with Gasteiger partial charge in [-0.05, 0) is 68.7 Å². The smallest absolute Gasteiger partial charge is 0.170 e. The van der Waals surface area contributed by atoms with Crippen molar-refractivity contribution in [3.05, 3.63) is 59.9 Å². The van der Waals surface area contributed by atoms with Crippen molar-refractivity contribution >= 4 is 23.0 Å². The van der Waals surface area contributed by atoms with Crippen molar-refractivity contribution in [1.29, 1.82) is 0 Å². The molecule has 0 aromatic heterocycles. The number of hydrogen-bond donors (Lipinski definition) is 2. The van der Waals surface area contributed by atoms with Crippen LogP contribution in [-0.4, -0.2) is 17.8 Å². The summed E-state index contributed by atoms with van der Waals surface area (Å²) in [5.74, 6) is 0.576. The molecule has 128 valence electrons. The third-order valence-corrected chi connectivity index (χ3v) is 3.59. The van der Waals surface area contributed by atoms with Crippen LogP contribution in [0.25, 0.3) is 0 Å². The highest BCUT2D eigenvalue weighted by atomic mass is 32.1. The van der Waals surface area contributed by atoms with E-state index in [9.17, 15) is 4.39 Å². The predicted molar refractivity (Wildman–Crippen MR) is 101 cm³/mol. The Bertz CT molecular complexity index is 659. The van der Waals surface area contributed by atoms with E-state index in [-0.39, 0.29) is 11.9 Å². The van der Waals surface area contributed by atoms with Gasteiger partial charge in [-0.2, -0.15) is 0 Å². The Morgan fingerprint density at radius 3 is 2.50 bits per heavy atom. The molecule has 24 heavy (non-hydrogen) atoms. The molecule has 0 aliphatic heterocycles. The highest BCUT2D eigenvalue weighted by Crippen LogP contribution is 2.15. The largest absolute Gasteiger partial charge is 0.491 e. The van der Waals surface area contributed by atoms with Crippen LogP contribution in [-0.2, 0) is 6.42 Å². The molecule has 0 aliphatic carbocycles. The normalized spacial score (nSPS) is 10.5. The third-order valence-electron chi connectivity index (χ3n) is 3.34. The molecule has 5 heteroatoms. The molecule has 0 fully saturated rings. The summed E-state index contributed by atoms with van der Waals surface area (Å²) >= 11 is 5.18. The van der Waals surface area contributed by atoms with E-state index in [0.717, 1.165) is 25.1 Å². The lowest BCUT2D eigenvalue weighted by Crippen LogP contribution is -2.29. The molecule has 0 amide bonds. The van der Waals surface area contributed by atoms with Crippen LogP contribution in [0.5, 0.6) is 5.75 Å². The van der Waals surface area contributed by atoms with E-state index in [1.165, 1.54) is 11.6 Å². The van der Waals surface area contributed by atoms with Crippen molar-refractivity contribution in [3.63, 3.8) is 0 Å². The molecule has 0 aliphatic rings. The Morgan fingerprint density at radius 2 is 1.83 bits per heavy atom. The van der Waals surface area contributed by atoms with Crippen LogP contribution in [0.1, 0.15) is 25.8 Å². The quantitative estimate of drug-likeness (QED) is 0.570. The first-order valence-corrected chi connectivity index (χ1v) is 8.50. The molecular formula is C19H23FN2OS. The van der Waals surface area contributed by atoms with Crippen molar-refractivity contribution in [1.82, 2.24) is 5.32 Å². The van der Waals surface area contributed by atoms with Crippen LogP contribution >= 0.6 is 12.2 Å². The van der Waals surface area contributed by atoms with Gasteiger partial charge in [-0.25, -0.2) is 4.39 Å². The minimum atomic E-state index is -0.314. The minimum absolute atomic E-state index is 0.183. The van der Waals surface area contributed by atoms with Crippen molar-refractivity contribution in [2.45, 2.75) is 32.8 Å². The Balaban J connectivity index is 1.69. The molecule has 2 N–H and O–H groups in total. The summed E-state index contributed by atoms with van der Waals surface area (Å²) in [6.45, 7) is 4.75. The standard InChI is InChI=1S/C19H23FN2OS/c1-14(2)23-16-11-9-15(10-12-16)6-5-13-21-19(24)22-18-8-4-3-7-17(18)20/h3-4,7-12,14H,5-6,13H2,1-2H3,(H2,21,22,24). The van der Waals surface area contributed by atoms with E-state index >= 15 is 0 Å². The summed E-state index contributed by atoms with van der Waals surface area (Å²) in [6.07, 6.45) is 2.06. The zero-order valence-electron chi connectivity index (χ0n) is 14.0. The van der Waals surface area contributed by atoms with Gasteiger partial charge in [0.05, 0.1) is 11.8 Å². The molecule has 2 aromatic rings. The lowest BCUT2D eigenvalue weighted by Gasteiger charge is -2.12. The van der Waals surface area contributed by atoms with Gasteiger partial charge >= 0.3 is 0 Å². The number of rotatable bonds is 7. The molecule has 0 heterocycles. The summed E-state index contributed by atoms with van der Waals surface area (Å²) in [7, 11) is 0. The van der Waals surface area contributed by atoms with Gasteiger partial charge < -0.3 is 15.4 Å². The fraction of sp³-hybridized carbons (Fsp3) is 0.316. The molecule has 0 spiro atoms. The van der Waals surface area contributed by atoms with Gasteiger partial charge in [-0.15, -0.1) is 0 Å². The number of hydrogen-bond acceptors (Lipinski definition) is 2. The predicted octanol–water partition coefficient (Wildman–Crippen LogP) is 4.53. The molecule has 2 aromatic carbocycles. The molecule has 0 bridgehead atoms. The van der Waals surface area contributed by atoms with Gasteiger partial charge in [-0.1, -0.05) is 24.3 Å².